The summed E-state index contributed by atoms with van der Waals surface area (Å²) in [6.45, 7) is 9.60. The van der Waals surface area contributed by atoms with Crippen molar-refractivity contribution in [2.45, 2.75) is 84.8 Å². The number of rotatable bonds is 3. The van der Waals surface area contributed by atoms with Crippen LogP contribution in [0.2, 0.25) is 0 Å². The zero-order valence-electron chi connectivity index (χ0n) is 19.1. The normalized spacial score (nSPS) is 50.4. The van der Waals surface area contributed by atoms with E-state index in [2.05, 4.69) is 31.1 Å². The molecule has 1 heterocycles. The molecule has 4 saturated carbocycles. The largest absolute Gasteiger partial charge is 0.390 e. The fourth-order valence-corrected chi connectivity index (χ4v) is 9.18. The number of hydrogen-bond acceptors (Lipinski definition) is 4. The molecule has 0 aliphatic heterocycles. The van der Waals surface area contributed by atoms with Gasteiger partial charge < -0.3 is 5.11 Å². The lowest BCUT2D eigenvalue weighted by atomic mass is 9.48. The van der Waals surface area contributed by atoms with Crippen molar-refractivity contribution in [2.24, 2.45) is 52.8 Å². The van der Waals surface area contributed by atoms with Crippen molar-refractivity contribution >= 4 is 5.78 Å². The van der Waals surface area contributed by atoms with Crippen molar-refractivity contribution in [3.8, 4) is 0 Å². The van der Waals surface area contributed by atoms with Gasteiger partial charge in [0.25, 0.3) is 0 Å². The van der Waals surface area contributed by atoms with Gasteiger partial charge in [-0.15, -0.1) is 5.10 Å². The number of carbonyl (C=O) groups is 1. The van der Waals surface area contributed by atoms with Gasteiger partial charge in [0, 0.05) is 12.1 Å². The molecule has 5 nitrogen and oxygen atoms in total. The molecule has 0 aromatic carbocycles. The van der Waals surface area contributed by atoms with Crippen LogP contribution in [-0.2, 0) is 11.3 Å². The maximum absolute atomic E-state index is 13.5. The molecule has 5 heteroatoms. The van der Waals surface area contributed by atoms with E-state index >= 15 is 0 Å². The number of ketones is 1. The first-order valence-corrected chi connectivity index (χ1v) is 12.3. The molecule has 10 atom stereocenters. The highest BCUT2D eigenvalue weighted by molar-refractivity contribution is 5.82. The number of hydrogen-bond donors (Lipinski definition) is 1. The van der Waals surface area contributed by atoms with Crippen molar-refractivity contribution in [3.63, 3.8) is 0 Å². The van der Waals surface area contributed by atoms with E-state index in [1.807, 2.05) is 6.92 Å². The van der Waals surface area contributed by atoms with E-state index in [0.717, 1.165) is 30.6 Å². The van der Waals surface area contributed by atoms with Gasteiger partial charge in [-0.05, 0) is 98.7 Å². The second-order valence-corrected chi connectivity index (χ2v) is 11.9. The molecule has 4 aliphatic rings. The van der Waals surface area contributed by atoms with Crippen molar-refractivity contribution in [2.75, 3.05) is 0 Å². The second-order valence-electron chi connectivity index (χ2n) is 11.9. The molecule has 0 saturated heterocycles. The molecule has 1 aromatic rings. The van der Waals surface area contributed by atoms with Crippen LogP contribution < -0.4 is 0 Å². The average molecular weight is 414 g/mol. The summed E-state index contributed by atoms with van der Waals surface area (Å²) in [6, 6.07) is 0. The number of nitrogens with zero attached hydrogens (tertiary/aromatic N) is 3. The van der Waals surface area contributed by atoms with Crippen molar-refractivity contribution in [3.05, 3.63) is 12.4 Å². The Balaban J connectivity index is 1.39. The Kier molecular flexibility index (Phi) is 4.92. The molecular weight excluding hydrogens is 374 g/mol. The lowest BCUT2D eigenvalue weighted by molar-refractivity contribution is -0.134. The standard InChI is InChI=1S/C25H39N3O2/c1-15-16(2)23(21(29)14-28-12-11-26-27-28)25(4)10-8-19-18-7-9-24(3,30)13-17(18)5-6-20(19)22(15)25/h11-12,15-20,22-23,30H,5-10,13-14H2,1-4H3/t15-,16+,17-,18+,19-,20-,22+,23-,24-,25+/m1/s1. The number of aromatic nitrogens is 3. The maximum Gasteiger partial charge on any atom is 0.158 e. The monoisotopic (exact) mass is 413 g/mol. The summed E-state index contributed by atoms with van der Waals surface area (Å²) in [4.78, 5) is 13.5. The lowest BCUT2D eigenvalue weighted by Gasteiger charge is -2.57. The van der Waals surface area contributed by atoms with Crippen LogP contribution in [0.3, 0.4) is 0 Å². The van der Waals surface area contributed by atoms with Crippen LogP contribution in [0.15, 0.2) is 12.4 Å². The third-order valence-electron chi connectivity index (χ3n) is 10.3. The van der Waals surface area contributed by atoms with E-state index in [1.54, 1.807) is 17.1 Å². The summed E-state index contributed by atoms with van der Waals surface area (Å²) >= 11 is 0. The van der Waals surface area contributed by atoms with Crippen molar-refractivity contribution in [1.29, 1.82) is 0 Å². The van der Waals surface area contributed by atoms with Crippen LogP contribution in [0, 0.1) is 52.8 Å². The van der Waals surface area contributed by atoms with Crippen LogP contribution in [0.5, 0.6) is 0 Å². The second kappa shape index (κ2) is 7.15. The number of carbonyl (C=O) groups excluding carboxylic acids is 1. The fraction of sp³-hybridized carbons (Fsp3) is 0.880. The van der Waals surface area contributed by atoms with Gasteiger partial charge >= 0.3 is 0 Å². The minimum atomic E-state index is -0.453. The highest BCUT2D eigenvalue weighted by atomic mass is 16.3. The first-order valence-electron chi connectivity index (χ1n) is 12.3. The molecule has 30 heavy (non-hydrogen) atoms. The fourth-order valence-electron chi connectivity index (χ4n) is 9.18. The van der Waals surface area contributed by atoms with Crippen LogP contribution in [0.4, 0.5) is 0 Å². The number of Topliss-reactive ketones (excluding diaryl/α,β-unsaturated/α-hetero) is 1. The molecule has 5 rings (SSSR count). The lowest BCUT2D eigenvalue weighted by Crippen LogP contribution is -2.52. The highest BCUT2D eigenvalue weighted by Crippen LogP contribution is 2.67. The van der Waals surface area contributed by atoms with E-state index in [-0.39, 0.29) is 11.3 Å². The summed E-state index contributed by atoms with van der Waals surface area (Å²) in [5, 5.41) is 18.6. The third kappa shape index (κ3) is 3.10. The molecule has 1 aromatic heterocycles. The SMILES string of the molecule is C[C@@H]1[C@H](C)[C@H](C(=O)Cn2ccnn2)[C@@]2(C)CC[C@H]3[C@@H](CC[C@@H]4C[C@](C)(O)CC[C@@H]43)[C@H]12. The number of aliphatic hydroxyl groups is 1. The van der Waals surface area contributed by atoms with Crippen LogP contribution in [-0.4, -0.2) is 31.5 Å². The van der Waals surface area contributed by atoms with E-state index < -0.39 is 5.60 Å². The minimum absolute atomic E-state index is 0.116. The quantitative estimate of drug-likeness (QED) is 0.799. The molecule has 1 N–H and O–H groups in total. The Morgan fingerprint density at radius 2 is 1.83 bits per heavy atom. The smallest absolute Gasteiger partial charge is 0.158 e. The molecule has 0 spiro atoms. The van der Waals surface area contributed by atoms with E-state index in [9.17, 15) is 9.90 Å². The predicted molar refractivity (Wildman–Crippen MR) is 115 cm³/mol. The van der Waals surface area contributed by atoms with Crippen LogP contribution >= 0.6 is 0 Å². The Labute approximate surface area is 181 Å². The Morgan fingerprint density at radius 1 is 1.07 bits per heavy atom. The maximum atomic E-state index is 13.5. The first kappa shape index (κ1) is 20.7. The molecular formula is C25H39N3O2. The topological polar surface area (TPSA) is 68.0 Å². The predicted octanol–water partition coefficient (Wildman–Crippen LogP) is 4.36. The van der Waals surface area contributed by atoms with Gasteiger partial charge in [-0.25, -0.2) is 4.68 Å². The minimum Gasteiger partial charge on any atom is -0.390 e. The highest BCUT2D eigenvalue weighted by Gasteiger charge is 2.63. The van der Waals surface area contributed by atoms with E-state index in [0.29, 0.717) is 36.0 Å². The van der Waals surface area contributed by atoms with Crippen molar-refractivity contribution < 1.29 is 9.90 Å². The summed E-state index contributed by atoms with van der Waals surface area (Å²) in [7, 11) is 0. The Hall–Kier alpha value is -1.23. The van der Waals surface area contributed by atoms with Crippen LogP contribution in [0.1, 0.15) is 72.6 Å². The zero-order chi connectivity index (χ0) is 21.3. The van der Waals surface area contributed by atoms with Gasteiger partial charge in [0.1, 0.15) is 6.54 Å². The molecule has 0 amide bonds. The summed E-state index contributed by atoms with van der Waals surface area (Å²) in [6.07, 6.45) is 11.6. The first-order chi connectivity index (χ1) is 14.2. The molecule has 166 valence electrons. The summed E-state index contributed by atoms with van der Waals surface area (Å²) in [5.74, 6) is 5.22. The van der Waals surface area contributed by atoms with E-state index in [1.165, 1.54) is 32.1 Å². The summed E-state index contributed by atoms with van der Waals surface area (Å²) in [5.41, 5.74) is -0.337. The van der Waals surface area contributed by atoms with Gasteiger partial charge in [0.05, 0.1) is 11.8 Å². The van der Waals surface area contributed by atoms with Gasteiger partial charge in [-0.1, -0.05) is 26.0 Å². The molecule has 4 aliphatic carbocycles. The van der Waals surface area contributed by atoms with Gasteiger partial charge in [-0.2, -0.15) is 0 Å². The van der Waals surface area contributed by atoms with Crippen LogP contribution in [0.25, 0.3) is 0 Å². The van der Waals surface area contributed by atoms with Gasteiger partial charge in [0.2, 0.25) is 0 Å². The zero-order valence-corrected chi connectivity index (χ0v) is 19.1. The molecule has 4 fully saturated rings. The van der Waals surface area contributed by atoms with E-state index in [4.69, 9.17) is 0 Å². The third-order valence-corrected chi connectivity index (χ3v) is 10.3. The Morgan fingerprint density at radius 3 is 2.57 bits per heavy atom. The molecule has 0 bridgehead atoms. The molecule has 0 radical (unpaired) electrons. The molecule has 0 unspecified atom stereocenters. The van der Waals surface area contributed by atoms with Gasteiger partial charge in [-0.3, -0.25) is 4.79 Å². The summed E-state index contributed by atoms with van der Waals surface area (Å²) < 4.78 is 1.70. The average Bonchev–Trinajstić information content (AvgIpc) is 3.25. The van der Waals surface area contributed by atoms with Gasteiger partial charge in [0.15, 0.2) is 5.78 Å². The Bertz CT molecular complexity index is 790. The van der Waals surface area contributed by atoms with Crippen molar-refractivity contribution in [1.82, 2.24) is 15.0 Å². The number of fused-ring (bicyclic) bond motifs is 5.